The predicted octanol–water partition coefficient (Wildman–Crippen LogP) is 1.07. The summed E-state index contributed by atoms with van der Waals surface area (Å²) in [4.78, 5) is 16.9. The Morgan fingerprint density at radius 2 is 1.83 bits per heavy atom. The lowest BCUT2D eigenvalue weighted by molar-refractivity contribution is -0.138. The second kappa shape index (κ2) is 6.53. The normalized spacial score (nSPS) is 31.1. The lowest BCUT2D eigenvalue weighted by Gasteiger charge is -2.40. The Kier molecular flexibility index (Phi) is 5.01. The van der Waals surface area contributed by atoms with E-state index in [4.69, 9.17) is 0 Å². The van der Waals surface area contributed by atoms with Crippen LogP contribution in [0, 0.1) is 0 Å². The summed E-state index contributed by atoms with van der Waals surface area (Å²) in [7, 11) is 0. The van der Waals surface area contributed by atoms with Crippen LogP contribution in [0.5, 0.6) is 0 Å². The van der Waals surface area contributed by atoms with Crippen molar-refractivity contribution in [2.24, 2.45) is 0 Å². The molecule has 2 rings (SSSR count). The molecule has 0 spiro atoms. The van der Waals surface area contributed by atoms with E-state index in [-0.39, 0.29) is 0 Å². The highest BCUT2D eigenvalue weighted by Gasteiger charge is 2.29. The minimum atomic E-state index is 0.330. The summed E-state index contributed by atoms with van der Waals surface area (Å²) in [6.07, 6.45) is 4.74. The van der Waals surface area contributed by atoms with Gasteiger partial charge in [-0.05, 0) is 52.6 Å². The molecule has 1 amide bonds. The molecule has 104 valence electrons. The second-order valence-electron chi connectivity index (χ2n) is 5.81. The largest absolute Gasteiger partial charge is 0.336 e. The van der Waals surface area contributed by atoms with Crippen molar-refractivity contribution in [1.82, 2.24) is 15.1 Å². The van der Waals surface area contributed by atoms with E-state index < -0.39 is 0 Å². The molecule has 0 aromatic heterocycles. The first kappa shape index (κ1) is 13.8. The molecule has 1 N–H and O–H groups in total. The topological polar surface area (TPSA) is 35.6 Å². The number of hydrogen-bond acceptors (Lipinski definition) is 3. The van der Waals surface area contributed by atoms with Crippen LogP contribution in [0.15, 0.2) is 0 Å². The molecule has 0 bridgehead atoms. The minimum Gasteiger partial charge on any atom is -0.336 e. The zero-order chi connectivity index (χ0) is 13.0. The first-order valence-electron chi connectivity index (χ1n) is 7.42. The molecule has 0 aliphatic carbocycles. The van der Waals surface area contributed by atoms with Crippen molar-refractivity contribution >= 4 is 5.91 Å². The van der Waals surface area contributed by atoms with Gasteiger partial charge in [-0.3, -0.25) is 9.69 Å². The Morgan fingerprint density at radius 3 is 2.56 bits per heavy atom. The van der Waals surface area contributed by atoms with Gasteiger partial charge < -0.3 is 10.2 Å². The number of nitrogens with zero attached hydrogens (tertiary/aromatic N) is 2. The van der Waals surface area contributed by atoms with Crippen LogP contribution >= 0.6 is 0 Å². The van der Waals surface area contributed by atoms with Crippen LogP contribution < -0.4 is 5.32 Å². The molecule has 2 fully saturated rings. The number of amides is 1. The fourth-order valence-corrected chi connectivity index (χ4v) is 3.25. The molecule has 0 saturated carbocycles. The third-order valence-electron chi connectivity index (χ3n) is 4.27. The summed E-state index contributed by atoms with van der Waals surface area (Å²) in [5.41, 5.74) is 0. The number of carbonyl (C=O) groups is 1. The van der Waals surface area contributed by atoms with Gasteiger partial charge in [0.1, 0.15) is 0 Å². The van der Waals surface area contributed by atoms with Crippen molar-refractivity contribution in [1.29, 1.82) is 0 Å². The number of hydrogen-bond donors (Lipinski definition) is 1. The highest BCUT2D eigenvalue weighted by atomic mass is 16.2. The maximum atomic E-state index is 12.5. The third kappa shape index (κ3) is 3.45. The fourth-order valence-electron chi connectivity index (χ4n) is 3.25. The molecular weight excluding hydrogens is 226 g/mol. The highest BCUT2D eigenvalue weighted by Crippen LogP contribution is 2.22. The molecular formula is C14H27N3O. The van der Waals surface area contributed by atoms with Gasteiger partial charge in [-0.2, -0.15) is 0 Å². The monoisotopic (exact) mass is 253 g/mol. The van der Waals surface area contributed by atoms with Crippen LogP contribution in [0.2, 0.25) is 0 Å². The van der Waals surface area contributed by atoms with Crippen molar-refractivity contribution in [3.63, 3.8) is 0 Å². The molecule has 0 unspecified atom stereocenters. The molecule has 4 nitrogen and oxygen atoms in total. The van der Waals surface area contributed by atoms with Gasteiger partial charge in [0, 0.05) is 25.2 Å². The predicted molar refractivity (Wildman–Crippen MR) is 73.5 cm³/mol. The molecule has 0 aromatic rings. The maximum absolute atomic E-state index is 12.5. The van der Waals surface area contributed by atoms with E-state index in [1.807, 2.05) is 0 Å². The lowest BCUT2D eigenvalue weighted by Crippen LogP contribution is -2.51. The fraction of sp³-hybridized carbons (Fsp3) is 0.929. The Balaban J connectivity index is 1.89. The van der Waals surface area contributed by atoms with Gasteiger partial charge in [-0.1, -0.05) is 0 Å². The molecule has 18 heavy (non-hydrogen) atoms. The molecule has 2 aliphatic rings. The summed E-state index contributed by atoms with van der Waals surface area (Å²) in [6.45, 7) is 9.14. The first-order chi connectivity index (χ1) is 8.68. The number of piperidine rings is 1. The second-order valence-corrected chi connectivity index (χ2v) is 5.81. The molecule has 0 aromatic carbocycles. The Hall–Kier alpha value is -0.610. The molecule has 2 saturated heterocycles. The van der Waals surface area contributed by atoms with E-state index in [1.54, 1.807) is 0 Å². The summed E-state index contributed by atoms with van der Waals surface area (Å²) < 4.78 is 0. The van der Waals surface area contributed by atoms with E-state index >= 15 is 0 Å². The zero-order valence-electron chi connectivity index (χ0n) is 11.8. The van der Waals surface area contributed by atoms with Crippen molar-refractivity contribution in [2.45, 2.75) is 51.6 Å². The molecule has 4 heteroatoms. The molecule has 0 radical (unpaired) electrons. The van der Waals surface area contributed by atoms with Crippen LogP contribution in [-0.4, -0.2) is 60.5 Å². The summed E-state index contributed by atoms with van der Waals surface area (Å²) in [5.74, 6) is 0.330. The van der Waals surface area contributed by atoms with E-state index in [1.165, 1.54) is 6.42 Å². The van der Waals surface area contributed by atoms with Gasteiger partial charge in [0.2, 0.25) is 5.91 Å². The number of likely N-dealkylation sites (tertiary alicyclic amines) is 1. The summed E-state index contributed by atoms with van der Waals surface area (Å²) >= 11 is 0. The number of nitrogens with one attached hydrogen (secondary N) is 1. The van der Waals surface area contributed by atoms with Crippen molar-refractivity contribution < 1.29 is 4.79 Å². The van der Waals surface area contributed by atoms with Crippen LogP contribution in [0.1, 0.15) is 39.5 Å². The quantitative estimate of drug-likeness (QED) is 0.799. The Morgan fingerprint density at radius 1 is 1.11 bits per heavy atom. The van der Waals surface area contributed by atoms with Crippen molar-refractivity contribution in [2.75, 3.05) is 32.7 Å². The SMILES string of the molecule is C[C@@H]1CCC[C@H](C)N1C(=O)CN1CCCNCC1. The van der Waals surface area contributed by atoms with E-state index in [0.717, 1.165) is 45.4 Å². The maximum Gasteiger partial charge on any atom is 0.237 e. The van der Waals surface area contributed by atoms with Gasteiger partial charge in [-0.15, -0.1) is 0 Å². The van der Waals surface area contributed by atoms with E-state index in [2.05, 4.69) is 29.0 Å². The Labute approximate surface area is 111 Å². The third-order valence-corrected chi connectivity index (χ3v) is 4.27. The van der Waals surface area contributed by atoms with Crippen LogP contribution in [-0.2, 0) is 4.79 Å². The minimum absolute atomic E-state index is 0.330. The highest BCUT2D eigenvalue weighted by molar-refractivity contribution is 5.79. The summed E-state index contributed by atoms with van der Waals surface area (Å²) in [6, 6.07) is 0.845. The molecule has 2 heterocycles. The van der Waals surface area contributed by atoms with Gasteiger partial charge in [-0.25, -0.2) is 0 Å². The van der Waals surface area contributed by atoms with Gasteiger partial charge in [0.15, 0.2) is 0 Å². The van der Waals surface area contributed by atoms with Gasteiger partial charge >= 0.3 is 0 Å². The average Bonchev–Trinajstić information content (AvgIpc) is 2.57. The van der Waals surface area contributed by atoms with E-state index in [0.29, 0.717) is 24.5 Å². The van der Waals surface area contributed by atoms with Gasteiger partial charge in [0.05, 0.1) is 6.54 Å². The van der Waals surface area contributed by atoms with Crippen molar-refractivity contribution in [3.05, 3.63) is 0 Å². The lowest BCUT2D eigenvalue weighted by atomic mass is 9.97. The Bertz CT molecular complexity index is 264. The standard InChI is InChI=1S/C14H27N3O/c1-12-5-3-6-13(2)17(12)14(18)11-16-9-4-7-15-8-10-16/h12-13,15H,3-11H2,1-2H3/t12-,13+. The number of carbonyl (C=O) groups excluding carboxylic acids is 1. The van der Waals surface area contributed by atoms with Crippen LogP contribution in [0.25, 0.3) is 0 Å². The smallest absolute Gasteiger partial charge is 0.237 e. The van der Waals surface area contributed by atoms with E-state index in [9.17, 15) is 4.79 Å². The number of rotatable bonds is 2. The van der Waals surface area contributed by atoms with Gasteiger partial charge in [0.25, 0.3) is 0 Å². The molecule has 2 aliphatic heterocycles. The average molecular weight is 253 g/mol. The van der Waals surface area contributed by atoms with Crippen LogP contribution in [0.3, 0.4) is 0 Å². The zero-order valence-corrected chi connectivity index (χ0v) is 11.8. The molecule has 2 atom stereocenters. The van der Waals surface area contributed by atoms with Crippen LogP contribution in [0.4, 0.5) is 0 Å². The summed E-state index contributed by atoms with van der Waals surface area (Å²) in [5, 5.41) is 3.38. The first-order valence-corrected chi connectivity index (χ1v) is 7.42. The van der Waals surface area contributed by atoms with Crippen molar-refractivity contribution in [3.8, 4) is 0 Å².